The van der Waals surface area contributed by atoms with Crippen molar-refractivity contribution in [1.82, 2.24) is 4.90 Å². The van der Waals surface area contributed by atoms with Crippen molar-refractivity contribution >= 4 is 0 Å². The summed E-state index contributed by atoms with van der Waals surface area (Å²) >= 11 is 0. The third-order valence-electron chi connectivity index (χ3n) is 0.952. The fraction of sp³-hybridized carbons (Fsp3) is 0.500. The molecule has 0 amide bonds. The molecule has 0 aliphatic carbocycles. The molecule has 7 heavy (non-hydrogen) atoms. The summed E-state index contributed by atoms with van der Waals surface area (Å²) in [6.45, 7) is 11.2. The first-order valence-corrected chi connectivity index (χ1v) is 2.51. The van der Waals surface area contributed by atoms with Gasteiger partial charge in [-0.05, 0) is 13.1 Å². The van der Waals surface area contributed by atoms with Crippen LogP contribution in [0.4, 0.5) is 0 Å². The Morgan fingerprint density at radius 2 is 2.43 bits per heavy atom. The lowest BCUT2D eigenvalue weighted by Crippen LogP contribution is -2.14. The largest absolute Gasteiger partial charge is 0.341 e. The minimum atomic E-state index is 0.819. The number of rotatable bonds is 3. The molecule has 0 heterocycles. The maximum Gasteiger partial charge on any atom is 0.157 e. The molecular weight excluding hydrogens is 86.1 g/mol. The highest BCUT2D eigenvalue weighted by molar-refractivity contribution is 4.68. The van der Waals surface area contributed by atoms with Crippen molar-refractivity contribution in [1.29, 1.82) is 0 Å². The van der Waals surface area contributed by atoms with Gasteiger partial charge in [0, 0.05) is 6.54 Å². The monoisotopic (exact) mass is 98.1 g/mol. The van der Waals surface area contributed by atoms with Crippen LogP contribution in [-0.2, 0) is 0 Å². The van der Waals surface area contributed by atoms with Crippen molar-refractivity contribution in [3.8, 4) is 0 Å². The Bertz CT molecular complexity index is 46.1. The molecular formula is C6H12N+. The molecule has 1 nitrogen and oxygen atoms in total. The molecule has 0 bridgehead atoms. The van der Waals surface area contributed by atoms with Gasteiger partial charge in [0.2, 0.25) is 0 Å². The molecule has 0 saturated heterocycles. The van der Waals surface area contributed by atoms with Gasteiger partial charge in [-0.3, -0.25) is 0 Å². The van der Waals surface area contributed by atoms with E-state index in [1.807, 2.05) is 4.90 Å². The predicted octanol–water partition coefficient (Wildman–Crippen LogP) is 1.29. The predicted molar refractivity (Wildman–Crippen MR) is 32.8 cm³/mol. The van der Waals surface area contributed by atoms with Crippen LogP contribution in [0.3, 0.4) is 0 Å². The average molecular weight is 98.2 g/mol. The molecule has 0 fully saturated rings. The van der Waals surface area contributed by atoms with E-state index >= 15 is 0 Å². The first-order valence-electron chi connectivity index (χ1n) is 2.51. The smallest absolute Gasteiger partial charge is 0.157 e. The van der Waals surface area contributed by atoms with Crippen LogP contribution in [-0.4, -0.2) is 18.0 Å². The summed E-state index contributed by atoms with van der Waals surface area (Å²) in [5.74, 6) is 0. The van der Waals surface area contributed by atoms with Gasteiger partial charge in [0.15, 0.2) is 6.54 Å². The summed E-state index contributed by atoms with van der Waals surface area (Å²) in [6, 6.07) is 0. The van der Waals surface area contributed by atoms with Crippen LogP contribution in [0.5, 0.6) is 0 Å². The van der Waals surface area contributed by atoms with E-state index in [2.05, 4.69) is 20.4 Å². The van der Waals surface area contributed by atoms with Crippen LogP contribution >= 0.6 is 0 Å². The maximum atomic E-state index is 3.68. The highest BCUT2D eigenvalue weighted by Crippen LogP contribution is 1.82. The third kappa shape index (κ3) is 2.15. The van der Waals surface area contributed by atoms with E-state index in [9.17, 15) is 0 Å². The van der Waals surface area contributed by atoms with Crippen LogP contribution < -0.4 is 0 Å². The zero-order chi connectivity index (χ0) is 5.70. The molecule has 0 radical (unpaired) electrons. The molecule has 0 atom stereocenters. The third-order valence-corrected chi connectivity index (χ3v) is 0.952. The first kappa shape index (κ1) is 6.41. The van der Waals surface area contributed by atoms with Crippen molar-refractivity contribution in [2.75, 3.05) is 13.1 Å². The quantitative estimate of drug-likeness (QED) is 0.481. The summed E-state index contributed by atoms with van der Waals surface area (Å²) < 4.78 is 0. The van der Waals surface area contributed by atoms with Crippen LogP contribution in [0.1, 0.15) is 6.92 Å². The van der Waals surface area contributed by atoms with E-state index < -0.39 is 0 Å². The molecule has 1 heteroatoms. The summed E-state index contributed by atoms with van der Waals surface area (Å²) in [4.78, 5) is 2.03. The lowest BCUT2D eigenvalue weighted by Gasteiger charge is -2.08. The Labute approximate surface area is 45.6 Å². The zero-order valence-corrected chi connectivity index (χ0v) is 4.85. The fourth-order valence-electron chi connectivity index (χ4n) is 0.379. The van der Waals surface area contributed by atoms with E-state index in [4.69, 9.17) is 0 Å². The number of hydrogen-bond acceptors (Lipinski definition) is 1. The Hall–Kier alpha value is -0.590. The molecule has 0 unspecified atom stereocenters. The van der Waals surface area contributed by atoms with Gasteiger partial charge in [-0.1, -0.05) is 6.58 Å². The molecule has 0 aromatic rings. The topological polar surface area (TPSA) is 3.24 Å². The van der Waals surface area contributed by atoms with Crippen LogP contribution in [0.15, 0.2) is 12.8 Å². The molecule has 0 spiro atoms. The Morgan fingerprint density at radius 3 is 2.43 bits per heavy atom. The van der Waals surface area contributed by atoms with Gasteiger partial charge in [-0.15, -0.1) is 0 Å². The first-order chi connectivity index (χ1) is 3.35. The van der Waals surface area contributed by atoms with Crippen molar-refractivity contribution in [2.45, 2.75) is 6.92 Å². The molecule has 0 rings (SSSR count). The van der Waals surface area contributed by atoms with E-state index in [-0.39, 0.29) is 0 Å². The maximum absolute atomic E-state index is 3.68. The Morgan fingerprint density at radius 1 is 1.86 bits per heavy atom. The van der Waals surface area contributed by atoms with Crippen LogP contribution in [0.2, 0.25) is 0 Å². The SMILES string of the molecule is C=CN(C[CH2+])CC. The summed E-state index contributed by atoms with van der Waals surface area (Å²) in [7, 11) is 0. The molecule has 0 aliphatic rings. The zero-order valence-electron chi connectivity index (χ0n) is 4.85. The summed E-state index contributed by atoms with van der Waals surface area (Å²) in [6.07, 6.45) is 1.80. The van der Waals surface area contributed by atoms with Gasteiger partial charge in [-0.2, -0.15) is 0 Å². The van der Waals surface area contributed by atoms with E-state index in [0.29, 0.717) is 0 Å². The lowest BCUT2D eigenvalue weighted by atomic mass is 10.5. The van der Waals surface area contributed by atoms with Crippen molar-refractivity contribution in [3.05, 3.63) is 19.7 Å². The second-order valence-corrected chi connectivity index (χ2v) is 1.31. The van der Waals surface area contributed by atoms with Gasteiger partial charge in [-0.25, -0.2) is 0 Å². The highest BCUT2D eigenvalue weighted by atomic mass is 15.1. The summed E-state index contributed by atoms with van der Waals surface area (Å²) in [5, 5.41) is 0. The van der Waals surface area contributed by atoms with Gasteiger partial charge in [0.05, 0.1) is 6.92 Å². The van der Waals surface area contributed by atoms with Gasteiger partial charge in [0.1, 0.15) is 0 Å². The van der Waals surface area contributed by atoms with Crippen molar-refractivity contribution < 1.29 is 0 Å². The number of nitrogens with zero attached hydrogens (tertiary/aromatic N) is 1. The molecule has 0 saturated carbocycles. The minimum absolute atomic E-state index is 0.819. The van der Waals surface area contributed by atoms with Crippen molar-refractivity contribution in [2.24, 2.45) is 0 Å². The van der Waals surface area contributed by atoms with Crippen LogP contribution in [0, 0.1) is 6.92 Å². The highest BCUT2D eigenvalue weighted by Gasteiger charge is 1.88. The normalized spacial score (nSPS) is 8.14. The second-order valence-electron chi connectivity index (χ2n) is 1.31. The molecule has 40 valence electrons. The Balaban J connectivity index is 3.16. The van der Waals surface area contributed by atoms with Crippen molar-refractivity contribution in [3.63, 3.8) is 0 Å². The molecule has 0 aliphatic heterocycles. The Kier molecular flexibility index (Phi) is 3.29. The van der Waals surface area contributed by atoms with E-state index in [0.717, 1.165) is 13.1 Å². The second kappa shape index (κ2) is 3.59. The van der Waals surface area contributed by atoms with Gasteiger partial charge < -0.3 is 4.90 Å². The molecule has 0 aromatic heterocycles. The van der Waals surface area contributed by atoms with E-state index in [1.54, 1.807) is 6.20 Å². The lowest BCUT2D eigenvalue weighted by molar-refractivity contribution is 0.439. The molecule has 0 aromatic carbocycles. The average Bonchev–Trinajstić information content (AvgIpc) is 1.72. The molecule has 0 N–H and O–H groups in total. The fourth-order valence-corrected chi connectivity index (χ4v) is 0.379. The number of hydrogen-bond donors (Lipinski definition) is 0. The minimum Gasteiger partial charge on any atom is -0.341 e. The van der Waals surface area contributed by atoms with Gasteiger partial charge >= 0.3 is 0 Å². The van der Waals surface area contributed by atoms with Gasteiger partial charge in [0.25, 0.3) is 0 Å². The van der Waals surface area contributed by atoms with E-state index in [1.165, 1.54) is 0 Å². The van der Waals surface area contributed by atoms with Crippen LogP contribution in [0.25, 0.3) is 0 Å². The standard InChI is InChI=1S/C6H12N/c1-4-7(5-2)6-3/h4H,1-2,5-6H2,3H3/q+1. The summed E-state index contributed by atoms with van der Waals surface area (Å²) in [5.41, 5.74) is 0.